The van der Waals surface area contributed by atoms with Crippen LogP contribution in [0, 0.1) is 0 Å². The van der Waals surface area contributed by atoms with Gasteiger partial charge in [0.15, 0.2) is 16.6 Å². The minimum absolute atomic E-state index is 0.186. The number of rotatable bonds is 8. The van der Waals surface area contributed by atoms with Gasteiger partial charge >= 0.3 is 0 Å². The Bertz CT molecular complexity index is 807. The molecular formula is C22H28N2O4S. The lowest BCUT2D eigenvalue weighted by atomic mass is 10.1. The molecule has 2 aromatic rings. The van der Waals surface area contributed by atoms with Gasteiger partial charge in [-0.1, -0.05) is 6.07 Å². The molecule has 1 saturated heterocycles. The van der Waals surface area contributed by atoms with Crippen LogP contribution in [0.25, 0.3) is 0 Å². The zero-order chi connectivity index (χ0) is 20.6. The van der Waals surface area contributed by atoms with Crippen LogP contribution in [-0.2, 0) is 11.3 Å². The van der Waals surface area contributed by atoms with Crippen molar-refractivity contribution in [1.29, 1.82) is 0 Å². The normalized spacial score (nSPS) is 15.6. The summed E-state index contributed by atoms with van der Waals surface area (Å²) >= 11 is 5.73. The molecular weight excluding hydrogens is 388 g/mol. The Morgan fingerprint density at radius 1 is 1.07 bits per heavy atom. The first-order chi connectivity index (χ1) is 14.1. The lowest BCUT2D eigenvalue weighted by Crippen LogP contribution is -2.39. The molecule has 0 aromatic heterocycles. The molecule has 29 heavy (non-hydrogen) atoms. The number of hydrogen-bond acceptors (Lipinski definition) is 5. The van der Waals surface area contributed by atoms with E-state index in [1.165, 1.54) is 0 Å². The molecule has 0 radical (unpaired) electrons. The molecule has 1 N–H and O–H groups in total. The Balaban J connectivity index is 1.75. The monoisotopic (exact) mass is 416 g/mol. The van der Waals surface area contributed by atoms with E-state index in [1.807, 2.05) is 42.5 Å². The molecule has 0 bridgehead atoms. The third-order valence-electron chi connectivity index (χ3n) is 4.90. The van der Waals surface area contributed by atoms with Gasteiger partial charge in [-0.3, -0.25) is 0 Å². The summed E-state index contributed by atoms with van der Waals surface area (Å²) in [6.07, 6.45) is 2.33. The quantitative estimate of drug-likeness (QED) is 0.651. The van der Waals surface area contributed by atoms with Gasteiger partial charge in [0.05, 0.1) is 27.4 Å². The van der Waals surface area contributed by atoms with Gasteiger partial charge in [-0.05, 0) is 67.0 Å². The lowest BCUT2D eigenvalue weighted by molar-refractivity contribution is 0.0905. The molecule has 0 spiro atoms. The largest absolute Gasteiger partial charge is 0.497 e. The highest BCUT2D eigenvalue weighted by atomic mass is 32.1. The van der Waals surface area contributed by atoms with Crippen molar-refractivity contribution in [3.05, 3.63) is 48.0 Å². The van der Waals surface area contributed by atoms with Gasteiger partial charge in [-0.15, -0.1) is 0 Å². The van der Waals surface area contributed by atoms with Crippen molar-refractivity contribution in [2.75, 3.05) is 39.8 Å². The second-order valence-electron chi connectivity index (χ2n) is 6.86. The standard InChI is InChI=1S/C22H28N2O4S/c1-25-18-9-7-17(8-10-18)23-22(29)24(15-19-5-4-12-28-19)14-16-6-11-20(26-2)21(13-16)27-3/h6-11,13,19H,4-5,12,14-15H2,1-3H3,(H,23,29). The van der Waals surface area contributed by atoms with Crippen molar-refractivity contribution in [2.24, 2.45) is 0 Å². The maximum Gasteiger partial charge on any atom is 0.173 e. The van der Waals surface area contributed by atoms with E-state index in [2.05, 4.69) is 10.2 Å². The first-order valence-electron chi connectivity index (χ1n) is 9.65. The van der Waals surface area contributed by atoms with Crippen LogP contribution in [0.5, 0.6) is 17.2 Å². The summed E-state index contributed by atoms with van der Waals surface area (Å²) in [5.41, 5.74) is 2.00. The fourth-order valence-electron chi connectivity index (χ4n) is 3.33. The minimum atomic E-state index is 0.186. The van der Waals surface area contributed by atoms with E-state index in [9.17, 15) is 0 Å². The highest BCUT2D eigenvalue weighted by Gasteiger charge is 2.21. The van der Waals surface area contributed by atoms with Crippen LogP contribution in [0.1, 0.15) is 18.4 Å². The minimum Gasteiger partial charge on any atom is -0.497 e. The van der Waals surface area contributed by atoms with Crippen LogP contribution < -0.4 is 19.5 Å². The zero-order valence-corrected chi connectivity index (χ0v) is 18.0. The highest BCUT2D eigenvalue weighted by molar-refractivity contribution is 7.80. The number of nitrogens with one attached hydrogen (secondary N) is 1. The van der Waals surface area contributed by atoms with E-state index >= 15 is 0 Å². The molecule has 1 fully saturated rings. The molecule has 1 aliphatic rings. The number of hydrogen-bond donors (Lipinski definition) is 1. The number of ether oxygens (including phenoxy) is 4. The summed E-state index contributed by atoms with van der Waals surface area (Å²) < 4.78 is 21.8. The van der Waals surface area contributed by atoms with Crippen LogP contribution in [0.15, 0.2) is 42.5 Å². The van der Waals surface area contributed by atoms with Crippen molar-refractivity contribution < 1.29 is 18.9 Å². The van der Waals surface area contributed by atoms with Crippen molar-refractivity contribution in [3.63, 3.8) is 0 Å². The second-order valence-corrected chi connectivity index (χ2v) is 7.25. The number of thiocarbonyl (C=S) groups is 1. The van der Waals surface area contributed by atoms with E-state index < -0.39 is 0 Å². The van der Waals surface area contributed by atoms with Gasteiger partial charge in [0, 0.05) is 25.4 Å². The average molecular weight is 417 g/mol. The first-order valence-corrected chi connectivity index (χ1v) is 10.1. The van der Waals surface area contributed by atoms with Crippen LogP contribution in [0.4, 0.5) is 5.69 Å². The van der Waals surface area contributed by atoms with Crippen LogP contribution in [0.2, 0.25) is 0 Å². The maximum absolute atomic E-state index is 5.84. The molecule has 0 aliphatic carbocycles. The van der Waals surface area contributed by atoms with Gasteiger partial charge < -0.3 is 29.2 Å². The Hall–Kier alpha value is -2.51. The molecule has 0 amide bonds. The van der Waals surface area contributed by atoms with Crippen molar-refractivity contribution in [2.45, 2.75) is 25.5 Å². The van der Waals surface area contributed by atoms with Crippen molar-refractivity contribution in [1.82, 2.24) is 4.90 Å². The van der Waals surface area contributed by atoms with Crippen molar-refractivity contribution >= 4 is 23.0 Å². The van der Waals surface area contributed by atoms with E-state index in [4.69, 9.17) is 31.2 Å². The molecule has 156 valence electrons. The molecule has 7 heteroatoms. The Labute approximate surface area is 177 Å². The van der Waals surface area contributed by atoms with Gasteiger partial charge in [-0.2, -0.15) is 0 Å². The van der Waals surface area contributed by atoms with Gasteiger partial charge in [0.25, 0.3) is 0 Å². The summed E-state index contributed by atoms with van der Waals surface area (Å²) in [7, 11) is 4.93. The predicted octanol–water partition coefficient (Wildman–Crippen LogP) is 4.09. The Kier molecular flexibility index (Phi) is 7.55. The summed E-state index contributed by atoms with van der Waals surface area (Å²) in [4.78, 5) is 2.14. The Morgan fingerprint density at radius 2 is 1.83 bits per heavy atom. The topological polar surface area (TPSA) is 52.2 Å². The van der Waals surface area contributed by atoms with E-state index in [0.717, 1.165) is 43.0 Å². The average Bonchev–Trinajstić information content (AvgIpc) is 3.26. The highest BCUT2D eigenvalue weighted by Crippen LogP contribution is 2.28. The van der Waals surface area contributed by atoms with Crippen LogP contribution in [0.3, 0.4) is 0 Å². The molecule has 1 atom stereocenters. The van der Waals surface area contributed by atoms with E-state index in [1.54, 1.807) is 21.3 Å². The molecule has 1 unspecified atom stereocenters. The van der Waals surface area contributed by atoms with Crippen LogP contribution >= 0.6 is 12.2 Å². The van der Waals surface area contributed by atoms with Crippen LogP contribution in [-0.4, -0.2) is 50.6 Å². The maximum atomic E-state index is 5.84. The van der Waals surface area contributed by atoms with Crippen molar-refractivity contribution in [3.8, 4) is 17.2 Å². The van der Waals surface area contributed by atoms with Gasteiger partial charge in [0.2, 0.25) is 0 Å². The second kappa shape index (κ2) is 10.3. The van der Waals surface area contributed by atoms with E-state index in [0.29, 0.717) is 23.2 Å². The molecule has 6 nitrogen and oxygen atoms in total. The summed E-state index contributed by atoms with van der Waals surface area (Å²) in [6.45, 7) is 2.19. The zero-order valence-electron chi connectivity index (χ0n) is 17.1. The number of benzene rings is 2. The first kappa shape index (κ1) is 21.2. The van der Waals surface area contributed by atoms with Gasteiger partial charge in [0.1, 0.15) is 5.75 Å². The number of anilines is 1. The third kappa shape index (κ3) is 5.74. The third-order valence-corrected chi connectivity index (χ3v) is 5.26. The summed E-state index contributed by atoms with van der Waals surface area (Å²) in [5.74, 6) is 2.22. The van der Waals surface area contributed by atoms with Gasteiger partial charge in [-0.25, -0.2) is 0 Å². The lowest BCUT2D eigenvalue weighted by Gasteiger charge is -2.28. The fourth-order valence-corrected chi connectivity index (χ4v) is 3.59. The SMILES string of the molecule is COc1ccc(NC(=S)N(Cc2ccc(OC)c(OC)c2)CC2CCCO2)cc1. The molecule has 1 heterocycles. The molecule has 0 saturated carbocycles. The Morgan fingerprint density at radius 3 is 2.45 bits per heavy atom. The van der Waals surface area contributed by atoms with E-state index in [-0.39, 0.29) is 6.10 Å². The smallest absolute Gasteiger partial charge is 0.173 e. The number of nitrogens with zero attached hydrogens (tertiary/aromatic N) is 1. The predicted molar refractivity (Wildman–Crippen MR) is 118 cm³/mol. The summed E-state index contributed by atoms with van der Waals surface area (Å²) in [6, 6.07) is 13.6. The molecule has 1 aliphatic heterocycles. The fraction of sp³-hybridized carbons (Fsp3) is 0.409. The number of methoxy groups -OCH3 is 3. The molecule has 2 aromatic carbocycles. The molecule has 3 rings (SSSR count). The summed E-state index contributed by atoms with van der Waals surface area (Å²) in [5, 5.41) is 3.98.